The van der Waals surface area contributed by atoms with Gasteiger partial charge >= 0.3 is 11.9 Å². The van der Waals surface area contributed by atoms with Gasteiger partial charge in [-0.15, -0.1) is 0 Å². The van der Waals surface area contributed by atoms with E-state index in [0.717, 1.165) is 11.6 Å². The van der Waals surface area contributed by atoms with E-state index in [1.54, 1.807) is 24.8 Å². The summed E-state index contributed by atoms with van der Waals surface area (Å²) in [6.45, 7) is 3.83. The Bertz CT molecular complexity index is 481. The first-order valence-electron chi connectivity index (χ1n) is 5.87. The van der Waals surface area contributed by atoms with Crippen LogP contribution in [-0.4, -0.2) is 47.3 Å². The standard InChI is InChI=1S/2C4H6N2.C4H6O4S/c2*1-4-5-2-3-6-4;5-3(6)1-2(9)4(7)8/h2*2-3H,1H3,(H,5,6);2,9H,1H2,(H,5,6)(H,7,8). The summed E-state index contributed by atoms with van der Waals surface area (Å²) in [5.74, 6) is -0.428. The molecule has 0 spiro atoms. The van der Waals surface area contributed by atoms with Crippen molar-refractivity contribution in [2.24, 2.45) is 0 Å². The molecule has 2 aromatic heterocycles. The summed E-state index contributed by atoms with van der Waals surface area (Å²) in [7, 11) is 0. The number of rotatable bonds is 3. The number of nitrogens with one attached hydrogen (secondary N) is 2. The monoisotopic (exact) mass is 314 g/mol. The molecule has 9 heteroatoms. The normalized spacial score (nSPS) is 10.4. The van der Waals surface area contributed by atoms with Crippen molar-refractivity contribution >= 4 is 24.6 Å². The summed E-state index contributed by atoms with van der Waals surface area (Å²) in [5, 5.41) is 15.0. The van der Waals surface area contributed by atoms with Gasteiger partial charge in [0.05, 0.1) is 6.42 Å². The van der Waals surface area contributed by atoms with E-state index in [2.05, 4.69) is 32.6 Å². The third-order valence-corrected chi connectivity index (χ3v) is 2.33. The number of carbonyl (C=O) groups is 2. The lowest BCUT2D eigenvalue weighted by atomic mass is 10.3. The number of aliphatic carboxylic acids is 2. The zero-order chi connectivity index (χ0) is 16.3. The molecule has 116 valence electrons. The molecule has 4 N–H and O–H groups in total. The molecular formula is C12H18N4O4S. The van der Waals surface area contributed by atoms with Crippen LogP contribution in [0.1, 0.15) is 18.1 Å². The average molecular weight is 314 g/mol. The van der Waals surface area contributed by atoms with Gasteiger partial charge in [-0.25, -0.2) is 9.97 Å². The second kappa shape index (κ2) is 10.5. The topological polar surface area (TPSA) is 132 Å². The lowest BCUT2D eigenvalue weighted by Gasteiger charge is -1.97. The fraction of sp³-hybridized carbons (Fsp3) is 0.333. The van der Waals surface area contributed by atoms with Crippen LogP contribution in [0.4, 0.5) is 0 Å². The minimum Gasteiger partial charge on any atom is -0.481 e. The lowest BCUT2D eigenvalue weighted by Crippen LogP contribution is -2.17. The number of nitrogens with zero attached hydrogens (tertiary/aromatic N) is 2. The van der Waals surface area contributed by atoms with E-state index >= 15 is 0 Å². The molecule has 2 rings (SSSR count). The molecule has 0 aliphatic heterocycles. The Labute approximate surface area is 127 Å². The maximum Gasteiger partial charge on any atom is 0.316 e. The predicted octanol–water partition coefficient (Wildman–Crippen LogP) is 1.28. The first-order valence-corrected chi connectivity index (χ1v) is 6.39. The Morgan fingerprint density at radius 1 is 1.14 bits per heavy atom. The highest BCUT2D eigenvalue weighted by Gasteiger charge is 2.14. The van der Waals surface area contributed by atoms with Crippen molar-refractivity contribution in [3.05, 3.63) is 36.4 Å². The number of H-pyrrole nitrogens is 2. The largest absolute Gasteiger partial charge is 0.481 e. The summed E-state index contributed by atoms with van der Waals surface area (Å²) in [6.07, 6.45) is 6.62. The predicted molar refractivity (Wildman–Crippen MR) is 79.3 cm³/mol. The van der Waals surface area contributed by atoms with E-state index < -0.39 is 23.6 Å². The molecule has 0 saturated heterocycles. The van der Waals surface area contributed by atoms with Crippen LogP contribution in [0.25, 0.3) is 0 Å². The van der Waals surface area contributed by atoms with Crippen LogP contribution in [0.5, 0.6) is 0 Å². The Balaban J connectivity index is 0.000000293. The van der Waals surface area contributed by atoms with Crippen molar-refractivity contribution < 1.29 is 19.8 Å². The average Bonchev–Trinajstić information content (AvgIpc) is 3.03. The Morgan fingerprint density at radius 2 is 1.57 bits per heavy atom. The molecule has 0 fully saturated rings. The fourth-order valence-electron chi connectivity index (χ4n) is 0.941. The van der Waals surface area contributed by atoms with Crippen LogP contribution in [-0.2, 0) is 9.59 Å². The molecule has 0 aliphatic carbocycles. The van der Waals surface area contributed by atoms with E-state index in [9.17, 15) is 9.59 Å². The van der Waals surface area contributed by atoms with Gasteiger partial charge in [0.25, 0.3) is 0 Å². The lowest BCUT2D eigenvalue weighted by molar-refractivity contribution is -0.142. The van der Waals surface area contributed by atoms with Gasteiger partial charge in [0.15, 0.2) is 0 Å². The minimum atomic E-state index is -1.21. The SMILES string of the molecule is Cc1ncc[nH]1.Cc1ncc[nH]1.O=C(O)CC(S)C(=O)O. The molecule has 0 aliphatic rings. The summed E-state index contributed by atoms with van der Waals surface area (Å²) >= 11 is 3.48. The first-order chi connectivity index (χ1) is 9.82. The number of carboxylic acid groups (broad SMARTS) is 2. The summed E-state index contributed by atoms with van der Waals surface area (Å²) in [4.78, 5) is 33.2. The van der Waals surface area contributed by atoms with Crippen LogP contribution in [0.2, 0.25) is 0 Å². The van der Waals surface area contributed by atoms with Crippen molar-refractivity contribution in [1.29, 1.82) is 0 Å². The van der Waals surface area contributed by atoms with Crippen molar-refractivity contribution in [3.8, 4) is 0 Å². The van der Waals surface area contributed by atoms with Crippen LogP contribution in [0, 0.1) is 13.8 Å². The number of aromatic nitrogens is 4. The molecule has 0 saturated carbocycles. The molecule has 1 atom stereocenters. The second-order valence-corrected chi connectivity index (χ2v) is 4.42. The van der Waals surface area contributed by atoms with Crippen LogP contribution in [0.3, 0.4) is 0 Å². The van der Waals surface area contributed by atoms with Crippen molar-refractivity contribution in [2.45, 2.75) is 25.5 Å². The molecule has 1 unspecified atom stereocenters. The maximum absolute atomic E-state index is 9.90. The first kappa shape index (κ1) is 18.7. The van der Waals surface area contributed by atoms with E-state index in [1.807, 2.05) is 13.8 Å². The molecule has 8 nitrogen and oxygen atoms in total. The van der Waals surface area contributed by atoms with E-state index in [-0.39, 0.29) is 0 Å². The zero-order valence-corrected chi connectivity index (χ0v) is 12.5. The van der Waals surface area contributed by atoms with Gasteiger partial charge in [0, 0.05) is 24.8 Å². The van der Waals surface area contributed by atoms with Gasteiger partial charge in [-0.05, 0) is 13.8 Å². The quantitative estimate of drug-likeness (QED) is 0.542. The highest BCUT2D eigenvalue weighted by atomic mass is 32.1. The number of aromatic amines is 2. The Morgan fingerprint density at radius 3 is 1.67 bits per heavy atom. The highest BCUT2D eigenvalue weighted by Crippen LogP contribution is 1.99. The van der Waals surface area contributed by atoms with Crippen LogP contribution >= 0.6 is 12.6 Å². The second-order valence-electron chi connectivity index (χ2n) is 3.80. The van der Waals surface area contributed by atoms with E-state index in [4.69, 9.17) is 10.2 Å². The van der Waals surface area contributed by atoms with Crippen LogP contribution < -0.4 is 0 Å². The van der Waals surface area contributed by atoms with E-state index in [0.29, 0.717) is 0 Å². The minimum absolute atomic E-state index is 0.446. The smallest absolute Gasteiger partial charge is 0.316 e. The summed E-state index contributed by atoms with van der Waals surface area (Å²) in [6, 6.07) is 0. The van der Waals surface area contributed by atoms with Gasteiger partial charge < -0.3 is 20.2 Å². The summed E-state index contributed by atoms with van der Waals surface area (Å²) in [5.41, 5.74) is 0. The third-order valence-electron chi connectivity index (χ3n) is 1.92. The fourth-order valence-corrected chi connectivity index (χ4v) is 1.10. The molecule has 0 bridgehead atoms. The maximum atomic E-state index is 9.90. The van der Waals surface area contributed by atoms with E-state index in [1.165, 1.54) is 0 Å². The van der Waals surface area contributed by atoms with Gasteiger partial charge in [-0.2, -0.15) is 12.6 Å². The molecule has 0 amide bonds. The molecule has 21 heavy (non-hydrogen) atoms. The number of carboxylic acids is 2. The van der Waals surface area contributed by atoms with Crippen molar-refractivity contribution in [2.75, 3.05) is 0 Å². The number of imidazole rings is 2. The molecule has 0 aromatic carbocycles. The Kier molecular flexibility index (Phi) is 9.35. The number of aryl methyl sites for hydroxylation is 2. The third kappa shape index (κ3) is 11.3. The highest BCUT2D eigenvalue weighted by molar-refractivity contribution is 7.81. The number of thiol groups is 1. The van der Waals surface area contributed by atoms with Crippen molar-refractivity contribution in [1.82, 2.24) is 19.9 Å². The van der Waals surface area contributed by atoms with Gasteiger partial charge in [0.2, 0.25) is 0 Å². The number of hydrogen-bond acceptors (Lipinski definition) is 5. The number of hydrogen-bond donors (Lipinski definition) is 5. The summed E-state index contributed by atoms with van der Waals surface area (Å²) < 4.78 is 0. The zero-order valence-electron chi connectivity index (χ0n) is 11.6. The van der Waals surface area contributed by atoms with Gasteiger partial charge in [-0.3, -0.25) is 9.59 Å². The Hall–Kier alpha value is -2.29. The van der Waals surface area contributed by atoms with Gasteiger partial charge in [0.1, 0.15) is 16.9 Å². The molecular weight excluding hydrogens is 296 g/mol. The van der Waals surface area contributed by atoms with Crippen LogP contribution in [0.15, 0.2) is 24.8 Å². The molecule has 2 heterocycles. The molecule has 2 aromatic rings. The van der Waals surface area contributed by atoms with Crippen molar-refractivity contribution in [3.63, 3.8) is 0 Å². The van der Waals surface area contributed by atoms with Gasteiger partial charge in [-0.1, -0.05) is 0 Å². The molecule has 0 radical (unpaired) electrons.